The van der Waals surface area contributed by atoms with Gasteiger partial charge in [0.2, 0.25) is 0 Å². The Labute approximate surface area is 184 Å². The van der Waals surface area contributed by atoms with Gasteiger partial charge in [-0.1, -0.05) is 48.5 Å². The Kier molecular flexibility index (Phi) is 4.88. The van der Waals surface area contributed by atoms with E-state index >= 15 is 0 Å². The molecule has 0 fully saturated rings. The molecule has 0 aliphatic heterocycles. The van der Waals surface area contributed by atoms with Gasteiger partial charge in [-0.3, -0.25) is 4.79 Å². The van der Waals surface area contributed by atoms with Crippen LogP contribution in [0.5, 0.6) is 5.75 Å². The maximum absolute atomic E-state index is 13.1. The summed E-state index contributed by atoms with van der Waals surface area (Å²) in [6.07, 6.45) is 1.65. The lowest BCUT2D eigenvalue weighted by molar-refractivity contribution is 0.0956. The monoisotopic (exact) mass is 420 g/mol. The van der Waals surface area contributed by atoms with E-state index in [2.05, 4.69) is 20.5 Å². The molecule has 3 N–H and O–H groups in total. The van der Waals surface area contributed by atoms with Gasteiger partial charge in [0, 0.05) is 33.1 Å². The first-order valence-electron chi connectivity index (χ1n) is 10.2. The molecule has 0 unspecified atom stereocenters. The van der Waals surface area contributed by atoms with Crippen LogP contribution in [0.2, 0.25) is 0 Å². The third-order valence-electron chi connectivity index (χ3n) is 5.44. The van der Waals surface area contributed by atoms with Crippen LogP contribution in [0.4, 0.5) is 0 Å². The molecule has 0 saturated heterocycles. The number of fused-ring (bicyclic) bond motifs is 2. The number of phenolic OH excluding ortho intramolecular Hbond substituents is 1. The van der Waals surface area contributed by atoms with Gasteiger partial charge in [-0.2, -0.15) is 5.10 Å². The average Bonchev–Trinajstić information content (AvgIpc) is 3.13. The van der Waals surface area contributed by atoms with Crippen molar-refractivity contribution in [1.29, 1.82) is 0 Å². The molecule has 5 aromatic rings. The van der Waals surface area contributed by atoms with E-state index in [1.54, 1.807) is 30.5 Å². The summed E-state index contributed by atoms with van der Waals surface area (Å²) in [5, 5.41) is 16.2. The van der Waals surface area contributed by atoms with E-state index < -0.39 is 0 Å². The largest absolute Gasteiger partial charge is 0.507 e. The first-order chi connectivity index (χ1) is 15.6. The van der Waals surface area contributed by atoms with Crippen molar-refractivity contribution in [1.82, 2.24) is 15.4 Å². The SMILES string of the molecule is Cc1[nH]c2ccccc2c1C=NNC(=O)c1cc(-c2ccccc2O)nc2ccccc12. The summed E-state index contributed by atoms with van der Waals surface area (Å²) < 4.78 is 0. The van der Waals surface area contributed by atoms with Gasteiger partial charge < -0.3 is 10.1 Å². The number of nitrogens with zero attached hydrogens (tertiary/aromatic N) is 2. The molecule has 156 valence electrons. The Morgan fingerprint density at radius 1 is 1.00 bits per heavy atom. The first kappa shape index (κ1) is 19.5. The lowest BCUT2D eigenvalue weighted by Crippen LogP contribution is -2.18. The van der Waals surface area contributed by atoms with E-state index in [4.69, 9.17) is 0 Å². The molecule has 6 heteroatoms. The van der Waals surface area contributed by atoms with Crippen LogP contribution in [0, 0.1) is 6.92 Å². The average molecular weight is 420 g/mol. The standard InChI is InChI=1S/C26H20N4O2/c1-16-21(18-9-3-5-11-22(18)28-16)15-27-30-26(32)20-14-24(19-10-4-7-13-25(19)31)29-23-12-6-2-8-17(20)23/h2-15,28,31H,1H3,(H,30,32). The zero-order valence-electron chi connectivity index (χ0n) is 17.3. The molecule has 6 nitrogen and oxygen atoms in total. The number of nitrogens with one attached hydrogen (secondary N) is 2. The van der Waals surface area contributed by atoms with Crippen molar-refractivity contribution in [3.8, 4) is 17.0 Å². The summed E-state index contributed by atoms with van der Waals surface area (Å²) in [5.74, 6) is -0.247. The highest BCUT2D eigenvalue weighted by molar-refractivity contribution is 6.08. The summed E-state index contributed by atoms with van der Waals surface area (Å²) in [5.41, 5.74) is 7.73. The Morgan fingerprint density at radius 3 is 2.56 bits per heavy atom. The number of hydrazone groups is 1. The topological polar surface area (TPSA) is 90.4 Å². The number of pyridine rings is 1. The number of aromatic nitrogens is 2. The van der Waals surface area contributed by atoms with Crippen LogP contribution < -0.4 is 5.43 Å². The van der Waals surface area contributed by atoms with E-state index in [0.717, 1.165) is 22.2 Å². The number of amides is 1. The van der Waals surface area contributed by atoms with Crippen LogP contribution >= 0.6 is 0 Å². The van der Waals surface area contributed by atoms with Crippen LogP contribution in [-0.2, 0) is 0 Å². The molecule has 5 rings (SSSR count). The lowest BCUT2D eigenvalue weighted by atomic mass is 10.0. The normalized spacial score (nSPS) is 11.4. The fourth-order valence-corrected chi connectivity index (χ4v) is 3.87. The second-order valence-corrected chi connectivity index (χ2v) is 7.50. The van der Waals surface area contributed by atoms with Gasteiger partial charge in [0.1, 0.15) is 5.75 Å². The Hall–Kier alpha value is -4.45. The zero-order chi connectivity index (χ0) is 22.1. The number of para-hydroxylation sites is 3. The highest BCUT2D eigenvalue weighted by atomic mass is 16.3. The van der Waals surface area contributed by atoms with Crippen molar-refractivity contribution < 1.29 is 9.90 Å². The number of benzene rings is 3. The molecule has 32 heavy (non-hydrogen) atoms. The molecule has 0 aliphatic carbocycles. The minimum Gasteiger partial charge on any atom is -0.507 e. The number of phenols is 1. The van der Waals surface area contributed by atoms with E-state index in [1.807, 2.05) is 61.5 Å². The molecule has 1 amide bonds. The molecule has 0 atom stereocenters. The highest BCUT2D eigenvalue weighted by Crippen LogP contribution is 2.30. The second kappa shape index (κ2) is 8.00. The minimum absolute atomic E-state index is 0.106. The van der Waals surface area contributed by atoms with Crippen molar-refractivity contribution in [2.24, 2.45) is 5.10 Å². The number of aryl methyl sites for hydroxylation is 1. The van der Waals surface area contributed by atoms with E-state index in [-0.39, 0.29) is 11.7 Å². The summed E-state index contributed by atoms with van der Waals surface area (Å²) in [6.45, 7) is 1.97. The number of carbonyl (C=O) groups excluding carboxylic acids is 1. The fraction of sp³-hybridized carbons (Fsp3) is 0.0385. The predicted molar refractivity (Wildman–Crippen MR) is 127 cm³/mol. The van der Waals surface area contributed by atoms with E-state index in [9.17, 15) is 9.90 Å². The summed E-state index contributed by atoms with van der Waals surface area (Å²) in [4.78, 5) is 21.0. The van der Waals surface area contributed by atoms with Gasteiger partial charge in [0.25, 0.3) is 5.91 Å². The molecule has 3 aromatic carbocycles. The van der Waals surface area contributed by atoms with Crippen molar-refractivity contribution in [2.75, 3.05) is 0 Å². The maximum atomic E-state index is 13.1. The first-order valence-corrected chi connectivity index (χ1v) is 10.2. The van der Waals surface area contributed by atoms with Gasteiger partial charge >= 0.3 is 0 Å². The lowest BCUT2D eigenvalue weighted by Gasteiger charge is -2.10. The number of aromatic amines is 1. The quantitative estimate of drug-likeness (QED) is 0.277. The zero-order valence-corrected chi connectivity index (χ0v) is 17.3. The molecule has 0 spiro atoms. The van der Waals surface area contributed by atoms with E-state index in [1.165, 1.54) is 0 Å². The van der Waals surface area contributed by atoms with Crippen molar-refractivity contribution in [3.63, 3.8) is 0 Å². The van der Waals surface area contributed by atoms with E-state index in [0.29, 0.717) is 27.7 Å². The number of rotatable bonds is 4. The van der Waals surface area contributed by atoms with Gasteiger partial charge in [0.05, 0.1) is 23.0 Å². The number of H-pyrrole nitrogens is 1. The van der Waals surface area contributed by atoms with Crippen LogP contribution in [0.3, 0.4) is 0 Å². The molecule has 0 saturated carbocycles. The molecule has 0 radical (unpaired) electrons. The minimum atomic E-state index is -0.353. The van der Waals surface area contributed by atoms with Crippen LogP contribution in [0.1, 0.15) is 21.6 Å². The number of hydrogen-bond donors (Lipinski definition) is 3. The molecular formula is C26H20N4O2. The molecule has 0 bridgehead atoms. The molecule has 2 heterocycles. The highest BCUT2D eigenvalue weighted by Gasteiger charge is 2.15. The third-order valence-corrected chi connectivity index (χ3v) is 5.44. The van der Waals surface area contributed by atoms with Crippen LogP contribution in [-0.4, -0.2) is 27.2 Å². The van der Waals surface area contributed by atoms with Crippen molar-refractivity contribution in [2.45, 2.75) is 6.92 Å². The molecule has 0 aliphatic rings. The summed E-state index contributed by atoms with van der Waals surface area (Å²) in [7, 11) is 0. The smallest absolute Gasteiger partial charge is 0.272 e. The van der Waals surface area contributed by atoms with Crippen LogP contribution in [0.25, 0.3) is 33.1 Å². The Bertz CT molecular complexity index is 1500. The van der Waals surface area contributed by atoms with Gasteiger partial charge in [-0.15, -0.1) is 0 Å². The summed E-state index contributed by atoms with van der Waals surface area (Å²) in [6, 6.07) is 24.0. The third kappa shape index (κ3) is 3.48. The van der Waals surface area contributed by atoms with Gasteiger partial charge in [-0.05, 0) is 37.3 Å². The Morgan fingerprint density at radius 2 is 1.72 bits per heavy atom. The number of carbonyl (C=O) groups is 1. The second-order valence-electron chi connectivity index (χ2n) is 7.50. The summed E-state index contributed by atoms with van der Waals surface area (Å²) >= 11 is 0. The Balaban J connectivity index is 1.51. The van der Waals surface area contributed by atoms with Gasteiger partial charge in [-0.25, -0.2) is 10.4 Å². The number of hydrogen-bond acceptors (Lipinski definition) is 4. The maximum Gasteiger partial charge on any atom is 0.272 e. The van der Waals surface area contributed by atoms with Gasteiger partial charge in [0.15, 0.2) is 0 Å². The van der Waals surface area contributed by atoms with Crippen molar-refractivity contribution >= 4 is 33.9 Å². The fourth-order valence-electron chi connectivity index (χ4n) is 3.87. The molecular weight excluding hydrogens is 400 g/mol. The number of aromatic hydroxyl groups is 1. The molecule has 2 aromatic heterocycles. The van der Waals surface area contributed by atoms with Crippen LogP contribution in [0.15, 0.2) is 84.0 Å². The predicted octanol–water partition coefficient (Wildman–Crippen LogP) is 5.16. The van der Waals surface area contributed by atoms with Crippen molar-refractivity contribution in [3.05, 3.63) is 95.7 Å².